The number of pyridine rings is 1. The van der Waals surface area contributed by atoms with Crippen LogP contribution in [0, 0.1) is 6.92 Å². The number of nitrogens with one attached hydrogen (secondary N) is 1. The molecule has 0 unspecified atom stereocenters. The largest absolute Gasteiger partial charge is 0.340 e. The van der Waals surface area contributed by atoms with Crippen molar-refractivity contribution in [3.05, 3.63) is 60.2 Å². The van der Waals surface area contributed by atoms with Crippen molar-refractivity contribution in [3.8, 4) is 33.9 Å². The standard InChI is InChI=1S/C21H21N5S/c1-13-7-5-10-16(23-13)19-18(24-20(25-19)21(2,3)4)15-9-6-8-14(11-15)17-12-22-27-26-17/h5-12H,1-4H3,(H,24,25). The highest BCUT2D eigenvalue weighted by Gasteiger charge is 2.23. The smallest absolute Gasteiger partial charge is 0.112 e. The molecule has 0 aliphatic rings. The minimum Gasteiger partial charge on any atom is -0.340 e. The molecule has 4 rings (SSSR count). The minimum absolute atomic E-state index is 0.0900. The van der Waals surface area contributed by atoms with Gasteiger partial charge in [0.05, 0.1) is 35.0 Å². The third kappa shape index (κ3) is 3.53. The average Bonchev–Trinajstić information content (AvgIpc) is 3.31. The van der Waals surface area contributed by atoms with E-state index in [0.29, 0.717) is 0 Å². The van der Waals surface area contributed by atoms with Gasteiger partial charge in [-0.25, -0.2) is 4.98 Å². The first-order chi connectivity index (χ1) is 12.9. The zero-order valence-electron chi connectivity index (χ0n) is 15.8. The monoisotopic (exact) mass is 375 g/mol. The van der Waals surface area contributed by atoms with Crippen LogP contribution in [0.1, 0.15) is 32.3 Å². The van der Waals surface area contributed by atoms with Crippen LogP contribution in [0.2, 0.25) is 0 Å². The Morgan fingerprint density at radius 2 is 1.70 bits per heavy atom. The van der Waals surface area contributed by atoms with Gasteiger partial charge in [-0.05, 0) is 25.1 Å². The lowest BCUT2D eigenvalue weighted by Crippen LogP contribution is -2.13. The van der Waals surface area contributed by atoms with E-state index >= 15 is 0 Å². The van der Waals surface area contributed by atoms with Gasteiger partial charge >= 0.3 is 0 Å². The van der Waals surface area contributed by atoms with Gasteiger partial charge in [-0.1, -0.05) is 45.0 Å². The molecular weight excluding hydrogens is 354 g/mol. The summed E-state index contributed by atoms with van der Waals surface area (Å²) in [6.45, 7) is 8.46. The summed E-state index contributed by atoms with van der Waals surface area (Å²) in [6.07, 6.45) is 1.79. The van der Waals surface area contributed by atoms with Gasteiger partial charge in [0, 0.05) is 22.2 Å². The maximum absolute atomic E-state index is 4.95. The SMILES string of the molecule is Cc1cccc(-c2[nH]c(C(C)(C)C)nc2-c2cccc(-c3cnsn3)c2)n1. The highest BCUT2D eigenvalue weighted by Crippen LogP contribution is 2.34. The van der Waals surface area contributed by atoms with Crippen molar-refractivity contribution in [2.45, 2.75) is 33.1 Å². The van der Waals surface area contributed by atoms with Crippen LogP contribution in [0.25, 0.3) is 33.9 Å². The van der Waals surface area contributed by atoms with Crippen molar-refractivity contribution in [1.82, 2.24) is 23.7 Å². The van der Waals surface area contributed by atoms with Gasteiger partial charge < -0.3 is 4.98 Å². The van der Waals surface area contributed by atoms with Gasteiger partial charge in [0.2, 0.25) is 0 Å². The maximum atomic E-state index is 4.95. The molecule has 3 heterocycles. The van der Waals surface area contributed by atoms with Gasteiger partial charge in [0.15, 0.2) is 0 Å². The number of aromatic nitrogens is 5. The third-order valence-corrected chi connectivity index (χ3v) is 4.83. The number of aromatic amines is 1. The number of hydrogen-bond acceptors (Lipinski definition) is 5. The zero-order valence-corrected chi connectivity index (χ0v) is 16.6. The number of H-pyrrole nitrogens is 1. The summed E-state index contributed by atoms with van der Waals surface area (Å²) >= 11 is 1.21. The maximum Gasteiger partial charge on any atom is 0.112 e. The Morgan fingerprint density at radius 1 is 0.926 bits per heavy atom. The first-order valence-electron chi connectivity index (χ1n) is 8.85. The number of nitrogens with zero attached hydrogens (tertiary/aromatic N) is 4. The van der Waals surface area contributed by atoms with Gasteiger partial charge in [-0.15, -0.1) is 0 Å². The van der Waals surface area contributed by atoms with Gasteiger partial charge in [-0.3, -0.25) is 4.98 Å². The van der Waals surface area contributed by atoms with Crippen LogP contribution in [0.15, 0.2) is 48.7 Å². The zero-order chi connectivity index (χ0) is 19.0. The van der Waals surface area contributed by atoms with Crippen LogP contribution in [0.4, 0.5) is 0 Å². The molecule has 0 atom stereocenters. The number of aryl methyl sites for hydroxylation is 1. The van der Waals surface area contributed by atoms with Crippen molar-refractivity contribution in [1.29, 1.82) is 0 Å². The van der Waals surface area contributed by atoms with Crippen LogP contribution >= 0.6 is 11.7 Å². The first kappa shape index (κ1) is 17.5. The Balaban J connectivity index is 1.89. The molecule has 3 aromatic heterocycles. The molecule has 0 aliphatic heterocycles. The molecule has 0 saturated heterocycles. The second kappa shape index (κ2) is 6.70. The lowest BCUT2D eigenvalue weighted by Gasteiger charge is -2.14. The summed E-state index contributed by atoms with van der Waals surface area (Å²) in [5.41, 5.74) is 6.58. The lowest BCUT2D eigenvalue weighted by atomic mass is 9.96. The van der Waals surface area contributed by atoms with Crippen LogP contribution < -0.4 is 0 Å². The summed E-state index contributed by atoms with van der Waals surface area (Å²) in [6, 6.07) is 14.3. The molecule has 0 bridgehead atoms. The predicted octanol–water partition coefficient (Wildman–Crippen LogP) is 5.26. The fourth-order valence-corrected chi connectivity index (χ4v) is 3.36. The summed E-state index contributed by atoms with van der Waals surface area (Å²) in [4.78, 5) is 13.2. The van der Waals surface area contributed by atoms with Crippen LogP contribution in [0.3, 0.4) is 0 Å². The van der Waals surface area contributed by atoms with E-state index in [1.54, 1.807) is 6.20 Å². The Bertz CT molecular complexity index is 1070. The number of rotatable bonds is 3. The lowest BCUT2D eigenvalue weighted by molar-refractivity contribution is 0.553. The quantitative estimate of drug-likeness (QED) is 0.530. The van der Waals surface area contributed by atoms with Crippen molar-refractivity contribution in [3.63, 3.8) is 0 Å². The second-order valence-corrected chi connectivity index (χ2v) is 8.15. The topological polar surface area (TPSA) is 67.3 Å². The molecular formula is C21H21N5S. The van der Waals surface area contributed by atoms with Crippen LogP contribution in [-0.2, 0) is 5.41 Å². The summed E-state index contributed by atoms with van der Waals surface area (Å²) in [7, 11) is 0. The van der Waals surface area contributed by atoms with Gasteiger partial charge in [-0.2, -0.15) is 8.75 Å². The molecule has 0 aliphatic carbocycles. The molecule has 0 spiro atoms. The van der Waals surface area contributed by atoms with E-state index in [9.17, 15) is 0 Å². The van der Waals surface area contributed by atoms with E-state index in [2.05, 4.69) is 46.6 Å². The molecule has 27 heavy (non-hydrogen) atoms. The van der Waals surface area contributed by atoms with E-state index in [4.69, 9.17) is 9.97 Å². The Hall–Kier alpha value is -2.86. The molecule has 5 nitrogen and oxygen atoms in total. The highest BCUT2D eigenvalue weighted by atomic mass is 32.1. The molecule has 1 N–H and O–H groups in total. The van der Waals surface area contributed by atoms with E-state index < -0.39 is 0 Å². The third-order valence-electron chi connectivity index (χ3n) is 4.35. The molecule has 0 radical (unpaired) electrons. The number of hydrogen-bond donors (Lipinski definition) is 1. The Kier molecular flexibility index (Phi) is 4.36. The Labute approximate surface area is 162 Å². The van der Waals surface area contributed by atoms with E-state index in [-0.39, 0.29) is 5.41 Å². The van der Waals surface area contributed by atoms with Gasteiger partial charge in [0.25, 0.3) is 0 Å². The normalized spacial score (nSPS) is 11.7. The van der Waals surface area contributed by atoms with Crippen molar-refractivity contribution in [2.75, 3.05) is 0 Å². The second-order valence-electron chi connectivity index (χ2n) is 7.60. The summed E-state index contributed by atoms with van der Waals surface area (Å²) in [5, 5.41) is 0. The minimum atomic E-state index is -0.0900. The van der Waals surface area contributed by atoms with Crippen molar-refractivity contribution >= 4 is 11.7 Å². The van der Waals surface area contributed by atoms with Crippen molar-refractivity contribution < 1.29 is 0 Å². The molecule has 0 amide bonds. The molecule has 6 heteroatoms. The number of benzene rings is 1. The van der Waals surface area contributed by atoms with Gasteiger partial charge in [0.1, 0.15) is 11.5 Å². The predicted molar refractivity (Wildman–Crippen MR) is 110 cm³/mol. The molecule has 1 aromatic carbocycles. The van der Waals surface area contributed by atoms with E-state index in [1.807, 2.05) is 37.3 Å². The van der Waals surface area contributed by atoms with Crippen LogP contribution in [0.5, 0.6) is 0 Å². The fraction of sp³-hybridized carbons (Fsp3) is 0.238. The fourth-order valence-electron chi connectivity index (χ4n) is 2.92. The first-order valence-corrected chi connectivity index (χ1v) is 9.58. The molecule has 4 aromatic rings. The van der Waals surface area contributed by atoms with Crippen LogP contribution in [-0.4, -0.2) is 23.7 Å². The van der Waals surface area contributed by atoms with E-state index in [1.165, 1.54) is 11.7 Å². The molecule has 0 saturated carbocycles. The molecule has 0 fully saturated rings. The summed E-state index contributed by atoms with van der Waals surface area (Å²) in [5.74, 6) is 0.941. The highest BCUT2D eigenvalue weighted by molar-refractivity contribution is 6.99. The number of imidazole rings is 1. The Morgan fingerprint density at radius 3 is 2.41 bits per heavy atom. The molecule has 136 valence electrons. The average molecular weight is 376 g/mol. The van der Waals surface area contributed by atoms with Crippen molar-refractivity contribution in [2.24, 2.45) is 0 Å². The van der Waals surface area contributed by atoms with E-state index in [0.717, 1.165) is 45.4 Å². The summed E-state index contributed by atoms with van der Waals surface area (Å²) < 4.78 is 8.46.